The number of fused-ring (bicyclic) bond motifs is 1. The number of aryl methyl sites for hydroxylation is 1. The van der Waals surface area contributed by atoms with E-state index in [1.807, 2.05) is 11.6 Å². The standard InChI is InChI=1S/C16H18F3N3/c1-2-22-15-13(8-3-4-9-20-15)14(21-22)11-6-5-7-12(10-11)16(17,18)19/h5-7,10,20H,2-4,8-9H2,1H3. The molecule has 0 atom stereocenters. The van der Waals surface area contributed by atoms with Crippen molar-refractivity contribution in [1.82, 2.24) is 9.78 Å². The highest BCUT2D eigenvalue weighted by Crippen LogP contribution is 2.35. The van der Waals surface area contributed by atoms with Crippen LogP contribution in [0.3, 0.4) is 0 Å². The van der Waals surface area contributed by atoms with Gasteiger partial charge in [-0.05, 0) is 38.3 Å². The van der Waals surface area contributed by atoms with E-state index in [9.17, 15) is 13.2 Å². The summed E-state index contributed by atoms with van der Waals surface area (Å²) in [5.41, 5.74) is 1.59. The van der Waals surface area contributed by atoms with Crippen LogP contribution < -0.4 is 5.32 Å². The van der Waals surface area contributed by atoms with E-state index in [4.69, 9.17) is 0 Å². The fourth-order valence-electron chi connectivity index (χ4n) is 2.87. The van der Waals surface area contributed by atoms with Gasteiger partial charge in [0, 0.05) is 24.2 Å². The molecule has 0 unspecified atom stereocenters. The highest BCUT2D eigenvalue weighted by molar-refractivity contribution is 5.70. The molecule has 118 valence electrons. The van der Waals surface area contributed by atoms with Gasteiger partial charge in [-0.2, -0.15) is 18.3 Å². The van der Waals surface area contributed by atoms with E-state index in [1.54, 1.807) is 6.07 Å². The average molecular weight is 309 g/mol. The predicted molar refractivity (Wildman–Crippen MR) is 79.8 cm³/mol. The van der Waals surface area contributed by atoms with Crippen molar-refractivity contribution in [3.05, 3.63) is 35.4 Å². The van der Waals surface area contributed by atoms with Crippen molar-refractivity contribution < 1.29 is 13.2 Å². The Morgan fingerprint density at radius 3 is 2.82 bits per heavy atom. The lowest BCUT2D eigenvalue weighted by Gasteiger charge is -2.08. The number of rotatable bonds is 2. The molecule has 1 aliphatic rings. The molecule has 22 heavy (non-hydrogen) atoms. The van der Waals surface area contributed by atoms with Gasteiger partial charge in [0.2, 0.25) is 0 Å². The summed E-state index contributed by atoms with van der Waals surface area (Å²) >= 11 is 0. The number of hydrogen-bond donors (Lipinski definition) is 1. The molecule has 3 rings (SSSR count). The molecule has 1 aromatic heterocycles. The maximum absolute atomic E-state index is 12.9. The molecule has 2 heterocycles. The molecule has 1 aliphatic heterocycles. The highest BCUT2D eigenvalue weighted by atomic mass is 19.4. The first-order valence-electron chi connectivity index (χ1n) is 7.52. The summed E-state index contributed by atoms with van der Waals surface area (Å²) in [6.45, 7) is 3.55. The van der Waals surface area contributed by atoms with Crippen LogP contribution >= 0.6 is 0 Å². The van der Waals surface area contributed by atoms with Crippen molar-refractivity contribution >= 4 is 5.82 Å². The number of aromatic nitrogens is 2. The number of alkyl halides is 3. The van der Waals surface area contributed by atoms with Crippen LogP contribution in [-0.4, -0.2) is 16.3 Å². The van der Waals surface area contributed by atoms with Gasteiger partial charge in [0.15, 0.2) is 0 Å². The van der Waals surface area contributed by atoms with Crippen molar-refractivity contribution in [1.29, 1.82) is 0 Å². The highest BCUT2D eigenvalue weighted by Gasteiger charge is 2.31. The molecule has 0 spiro atoms. The lowest BCUT2D eigenvalue weighted by Crippen LogP contribution is -2.07. The monoisotopic (exact) mass is 309 g/mol. The Balaban J connectivity index is 2.11. The molecule has 1 N–H and O–H groups in total. The molecular weight excluding hydrogens is 291 g/mol. The minimum Gasteiger partial charge on any atom is -0.370 e. The summed E-state index contributed by atoms with van der Waals surface area (Å²) in [6, 6.07) is 5.42. The zero-order chi connectivity index (χ0) is 15.7. The van der Waals surface area contributed by atoms with E-state index in [-0.39, 0.29) is 0 Å². The normalized spacial score (nSPS) is 15.1. The van der Waals surface area contributed by atoms with Gasteiger partial charge < -0.3 is 5.32 Å². The number of anilines is 1. The van der Waals surface area contributed by atoms with Gasteiger partial charge in [0.25, 0.3) is 0 Å². The van der Waals surface area contributed by atoms with Crippen molar-refractivity contribution in [3.8, 4) is 11.3 Å². The van der Waals surface area contributed by atoms with Crippen molar-refractivity contribution in [2.24, 2.45) is 0 Å². The number of nitrogens with zero attached hydrogens (tertiary/aromatic N) is 2. The fourth-order valence-corrected chi connectivity index (χ4v) is 2.87. The van der Waals surface area contributed by atoms with E-state index < -0.39 is 11.7 Å². The van der Waals surface area contributed by atoms with Gasteiger partial charge in [-0.15, -0.1) is 0 Å². The summed E-state index contributed by atoms with van der Waals surface area (Å²) in [5.74, 6) is 0.951. The molecule has 2 aromatic rings. The summed E-state index contributed by atoms with van der Waals surface area (Å²) in [6.07, 6.45) is -1.42. The maximum atomic E-state index is 12.9. The van der Waals surface area contributed by atoms with Crippen molar-refractivity contribution in [2.45, 2.75) is 38.9 Å². The molecule has 0 radical (unpaired) electrons. The third kappa shape index (κ3) is 2.69. The number of nitrogens with one attached hydrogen (secondary N) is 1. The second kappa shape index (κ2) is 5.66. The quantitative estimate of drug-likeness (QED) is 0.894. The van der Waals surface area contributed by atoms with Gasteiger partial charge in [-0.3, -0.25) is 0 Å². The predicted octanol–water partition coefficient (Wildman–Crippen LogP) is 4.34. The van der Waals surface area contributed by atoms with E-state index in [2.05, 4.69) is 10.4 Å². The van der Waals surface area contributed by atoms with Crippen LogP contribution in [0.25, 0.3) is 11.3 Å². The fraction of sp³-hybridized carbons (Fsp3) is 0.438. The van der Waals surface area contributed by atoms with Crippen LogP contribution in [0.2, 0.25) is 0 Å². The number of benzene rings is 1. The van der Waals surface area contributed by atoms with Gasteiger partial charge in [-0.25, -0.2) is 4.68 Å². The Bertz CT molecular complexity index is 674. The third-order valence-electron chi connectivity index (χ3n) is 3.96. The van der Waals surface area contributed by atoms with E-state index >= 15 is 0 Å². The van der Waals surface area contributed by atoms with Gasteiger partial charge in [0.1, 0.15) is 5.82 Å². The zero-order valence-electron chi connectivity index (χ0n) is 12.4. The van der Waals surface area contributed by atoms with Crippen molar-refractivity contribution in [3.63, 3.8) is 0 Å². The van der Waals surface area contributed by atoms with Crippen LogP contribution in [0, 0.1) is 0 Å². The molecule has 0 bridgehead atoms. The first-order valence-corrected chi connectivity index (χ1v) is 7.52. The lowest BCUT2D eigenvalue weighted by atomic mass is 10.0. The molecule has 0 fully saturated rings. The van der Waals surface area contributed by atoms with Crippen molar-refractivity contribution in [2.75, 3.05) is 11.9 Å². The Hall–Kier alpha value is -1.98. The maximum Gasteiger partial charge on any atom is 0.416 e. The van der Waals surface area contributed by atoms with Gasteiger partial charge in [0.05, 0.1) is 11.3 Å². The summed E-state index contributed by atoms with van der Waals surface area (Å²) in [4.78, 5) is 0. The third-order valence-corrected chi connectivity index (χ3v) is 3.96. The molecular formula is C16H18F3N3. The summed E-state index contributed by atoms with van der Waals surface area (Å²) < 4.78 is 40.6. The minimum atomic E-state index is -4.33. The average Bonchev–Trinajstić information content (AvgIpc) is 2.67. The first kappa shape index (κ1) is 14.9. The van der Waals surface area contributed by atoms with E-state index in [0.29, 0.717) is 17.8 Å². The molecule has 0 aliphatic carbocycles. The van der Waals surface area contributed by atoms with Crippen LogP contribution in [-0.2, 0) is 19.1 Å². The Morgan fingerprint density at radius 1 is 1.27 bits per heavy atom. The van der Waals surface area contributed by atoms with Gasteiger partial charge >= 0.3 is 6.18 Å². The SMILES string of the molecule is CCn1nc(-c2cccc(C(F)(F)F)c2)c2c1NCCCC2. The minimum absolute atomic E-state index is 0.530. The van der Waals surface area contributed by atoms with Crippen LogP contribution in [0.5, 0.6) is 0 Å². The molecule has 1 aromatic carbocycles. The molecule has 0 saturated carbocycles. The number of halogens is 3. The molecule has 3 nitrogen and oxygen atoms in total. The Kier molecular flexibility index (Phi) is 3.85. The number of hydrogen-bond acceptors (Lipinski definition) is 2. The zero-order valence-corrected chi connectivity index (χ0v) is 12.4. The first-order chi connectivity index (χ1) is 10.5. The Labute approximate surface area is 127 Å². The van der Waals surface area contributed by atoms with E-state index in [0.717, 1.165) is 43.3 Å². The smallest absolute Gasteiger partial charge is 0.370 e. The van der Waals surface area contributed by atoms with Crippen LogP contribution in [0.1, 0.15) is 30.9 Å². The van der Waals surface area contributed by atoms with Crippen LogP contribution in [0.4, 0.5) is 19.0 Å². The summed E-state index contributed by atoms with van der Waals surface area (Å²) in [7, 11) is 0. The molecule has 0 amide bonds. The molecule has 6 heteroatoms. The second-order valence-corrected chi connectivity index (χ2v) is 5.45. The van der Waals surface area contributed by atoms with Gasteiger partial charge in [-0.1, -0.05) is 12.1 Å². The topological polar surface area (TPSA) is 29.9 Å². The lowest BCUT2D eigenvalue weighted by molar-refractivity contribution is -0.137. The van der Waals surface area contributed by atoms with Crippen LogP contribution in [0.15, 0.2) is 24.3 Å². The summed E-state index contributed by atoms with van der Waals surface area (Å²) in [5, 5.41) is 7.89. The molecule has 0 saturated heterocycles. The second-order valence-electron chi connectivity index (χ2n) is 5.45. The largest absolute Gasteiger partial charge is 0.416 e. The Morgan fingerprint density at radius 2 is 2.09 bits per heavy atom. The van der Waals surface area contributed by atoms with E-state index in [1.165, 1.54) is 12.1 Å².